The van der Waals surface area contributed by atoms with Gasteiger partial charge in [0.05, 0.1) is 0 Å². The summed E-state index contributed by atoms with van der Waals surface area (Å²) in [4.78, 5) is 25.1. The third kappa shape index (κ3) is 8.55. The Balaban J connectivity index is 4.03. The van der Waals surface area contributed by atoms with Crippen LogP contribution in [0, 0.1) is 0 Å². The Hall–Kier alpha value is -0.0400. The summed E-state index contributed by atoms with van der Waals surface area (Å²) in [5, 5.41) is 0. The number of rotatable bonds is 6. The molecule has 0 saturated heterocycles. The van der Waals surface area contributed by atoms with Crippen LogP contribution < -0.4 is 5.48 Å². The van der Waals surface area contributed by atoms with Gasteiger partial charge in [-0.05, 0) is 6.92 Å². The highest BCUT2D eigenvalue weighted by atomic mass is 31.3. The molecule has 0 aromatic heterocycles. The van der Waals surface area contributed by atoms with Crippen molar-refractivity contribution in [3.8, 4) is 0 Å². The fraction of sp³-hybridized carbons (Fsp3) is 0.500. The van der Waals surface area contributed by atoms with Crippen LogP contribution in [0.1, 0.15) is 6.92 Å². The number of hydrogen-bond acceptors (Lipinski definition) is 5. The van der Waals surface area contributed by atoms with Gasteiger partial charge in [-0.1, -0.05) is 12.2 Å². The molecular weight excluding hydrogens is 236 g/mol. The smallest absolute Gasteiger partial charge is 0.302 e. The molecule has 0 saturated carbocycles. The molecule has 0 bridgehead atoms. The highest BCUT2D eigenvalue weighted by molar-refractivity contribution is 7.60. The Morgan fingerprint density at radius 1 is 1.43 bits per heavy atom. The lowest BCUT2D eigenvalue weighted by atomic mass is 10.4. The monoisotopic (exact) mass is 247 g/mol. The molecule has 0 amide bonds. The van der Waals surface area contributed by atoms with Crippen LogP contribution in [0.15, 0.2) is 12.2 Å². The highest BCUT2D eigenvalue weighted by Crippen LogP contribution is 2.56. The zero-order valence-electron chi connectivity index (χ0n) is 7.28. The van der Waals surface area contributed by atoms with Gasteiger partial charge in [0, 0.05) is 6.54 Å². The third-order valence-electron chi connectivity index (χ3n) is 0.763. The van der Waals surface area contributed by atoms with Crippen LogP contribution in [0.25, 0.3) is 0 Å². The van der Waals surface area contributed by atoms with Crippen molar-refractivity contribution in [1.29, 1.82) is 0 Å². The van der Waals surface area contributed by atoms with E-state index in [0.717, 1.165) is 0 Å². The first-order valence-electron chi connectivity index (χ1n) is 3.28. The van der Waals surface area contributed by atoms with Crippen molar-refractivity contribution in [2.45, 2.75) is 6.92 Å². The van der Waals surface area contributed by atoms with Gasteiger partial charge in [-0.25, -0.2) is 9.13 Å². The molecule has 0 rings (SSSR count). The predicted octanol–water partition coefficient (Wildman–Crippen LogP) is 0.293. The standard InChI is InChI=1S/C4H11NO7P2/c1-4(2)3-5-11-14(9,10)12-13(6,7)8/h5H,1,3H2,2H3,(H,9,10)(H2,6,7,8). The van der Waals surface area contributed by atoms with E-state index in [2.05, 4.69) is 15.5 Å². The van der Waals surface area contributed by atoms with Crippen molar-refractivity contribution in [2.24, 2.45) is 0 Å². The first-order chi connectivity index (χ1) is 6.12. The van der Waals surface area contributed by atoms with Crippen molar-refractivity contribution in [1.82, 2.24) is 5.48 Å². The first kappa shape index (κ1) is 14.0. The molecule has 0 fully saturated rings. The lowest BCUT2D eigenvalue weighted by molar-refractivity contribution is 0.124. The maximum absolute atomic E-state index is 10.7. The van der Waals surface area contributed by atoms with Gasteiger partial charge in [0.1, 0.15) is 0 Å². The number of nitrogens with one attached hydrogen (secondary N) is 1. The van der Waals surface area contributed by atoms with Gasteiger partial charge < -0.3 is 14.7 Å². The molecule has 14 heavy (non-hydrogen) atoms. The maximum Gasteiger partial charge on any atom is 0.497 e. The first-order valence-corrected chi connectivity index (χ1v) is 6.30. The van der Waals surface area contributed by atoms with E-state index >= 15 is 0 Å². The van der Waals surface area contributed by atoms with Gasteiger partial charge >= 0.3 is 15.6 Å². The fourth-order valence-electron chi connectivity index (χ4n) is 0.388. The van der Waals surface area contributed by atoms with Gasteiger partial charge in [-0.15, -0.1) is 0 Å². The minimum absolute atomic E-state index is 0.0507. The van der Waals surface area contributed by atoms with Crippen LogP contribution in [0.3, 0.4) is 0 Å². The summed E-state index contributed by atoms with van der Waals surface area (Å²) in [6.45, 7) is 5.11. The molecular formula is C4H11NO7P2. The van der Waals surface area contributed by atoms with Crippen LogP contribution in [0.4, 0.5) is 0 Å². The van der Waals surface area contributed by atoms with Crippen molar-refractivity contribution >= 4 is 15.6 Å². The molecule has 0 aromatic rings. The van der Waals surface area contributed by atoms with Gasteiger partial charge in [-0.2, -0.15) is 14.4 Å². The summed E-state index contributed by atoms with van der Waals surface area (Å²) in [6.07, 6.45) is 0. The summed E-state index contributed by atoms with van der Waals surface area (Å²) in [6, 6.07) is 0. The molecule has 10 heteroatoms. The zero-order valence-corrected chi connectivity index (χ0v) is 9.07. The average molecular weight is 247 g/mol. The largest absolute Gasteiger partial charge is 0.497 e. The van der Waals surface area contributed by atoms with Gasteiger partial charge in [0.25, 0.3) is 0 Å². The van der Waals surface area contributed by atoms with Crippen LogP contribution in [0.5, 0.6) is 0 Å². The molecule has 84 valence electrons. The summed E-state index contributed by atoms with van der Waals surface area (Å²) in [7, 11) is -9.84. The molecule has 0 spiro atoms. The number of hydrogen-bond donors (Lipinski definition) is 4. The molecule has 0 aliphatic heterocycles. The Morgan fingerprint density at radius 2 is 1.93 bits per heavy atom. The molecule has 4 N–H and O–H groups in total. The van der Waals surface area contributed by atoms with Crippen LogP contribution in [-0.2, 0) is 18.1 Å². The Bertz CT molecular complexity index is 296. The SMILES string of the molecule is C=C(C)CNOP(=O)(O)OP(=O)(O)O. The van der Waals surface area contributed by atoms with Crippen molar-refractivity contribution in [3.63, 3.8) is 0 Å². The topological polar surface area (TPSA) is 125 Å². The second-order valence-electron chi connectivity index (χ2n) is 2.41. The van der Waals surface area contributed by atoms with E-state index < -0.39 is 15.6 Å². The van der Waals surface area contributed by atoms with E-state index in [9.17, 15) is 9.13 Å². The fourth-order valence-corrected chi connectivity index (χ4v) is 1.82. The highest BCUT2D eigenvalue weighted by Gasteiger charge is 2.32. The molecule has 0 heterocycles. The molecule has 8 nitrogen and oxygen atoms in total. The lowest BCUT2D eigenvalue weighted by Crippen LogP contribution is -2.15. The summed E-state index contributed by atoms with van der Waals surface area (Å²) < 4.78 is 28.4. The number of phosphoric acid groups is 2. The number of hydroxylamine groups is 1. The van der Waals surface area contributed by atoms with Crippen LogP contribution in [0.2, 0.25) is 0 Å². The molecule has 0 aromatic carbocycles. The normalized spacial score (nSPS) is 16.3. The average Bonchev–Trinajstić information content (AvgIpc) is 1.78. The van der Waals surface area contributed by atoms with Crippen molar-refractivity contribution in [2.75, 3.05) is 6.54 Å². The van der Waals surface area contributed by atoms with E-state index in [1.807, 2.05) is 5.48 Å². The van der Waals surface area contributed by atoms with E-state index in [1.54, 1.807) is 6.92 Å². The summed E-state index contributed by atoms with van der Waals surface area (Å²) in [5.41, 5.74) is 2.57. The Labute approximate surface area is 80.4 Å². The maximum atomic E-state index is 10.7. The quantitative estimate of drug-likeness (QED) is 0.300. The van der Waals surface area contributed by atoms with Crippen molar-refractivity contribution < 1.29 is 32.7 Å². The van der Waals surface area contributed by atoms with Crippen LogP contribution >= 0.6 is 15.6 Å². The van der Waals surface area contributed by atoms with Crippen molar-refractivity contribution in [3.05, 3.63) is 12.2 Å². The van der Waals surface area contributed by atoms with Gasteiger partial charge in [-0.3, -0.25) is 0 Å². The van der Waals surface area contributed by atoms with E-state index in [-0.39, 0.29) is 6.54 Å². The van der Waals surface area contributed by atoms with Gasteiger partial charge in [0.2, 0.25) is 0 Å². The minimum Gasteiger partial charge on any atom is -0.302 e. The van der Waals surface area contributed by atoms with E-state index in [0.29, 0.717) is 5.57 Å². The molecule has 0 radical (unpaired) electrons. The zero-order chi connectivity index (χ0) is 11.4. The Morgan fingerprint density at radius 3 is 2.29 bits per heavy atom. The summed E-state index contributed by atoms with van der Waals surface area (Å²) >= 11 is 0. The predicted molar refractivity (Wildman–Crippen MR) is 46.9 cm³/mol. The van der Waals surface area contributed by atoms with E-state index in [1.165, 1.54) is 0 Å². The van der Waals surface area contributed by atoms with Crippen LogP contribution in [-0.4, -0.2) is 21.2 Å². The molecule has 0 aliphatic carbocycles. The van der Waals surface area contributed by atoms with E-state index in [4.69, 9.17) is 14.7 Å². The second-order valence-corrected chi connectivity index (χ2v) is 5.16. The Kier molecular flexibility index (Phi) is 5.14. The molecule has 0 aliphatic rings. The lowest BCUT2D eigenvalue weighted by Gasteiger charge is -2.12. The summed E-state index contributed by atoms with van der Waals surface area (Å²) in [5.74, 6) is 0. The molecule has 1 atom stereocenters. The minimum atomic E-state index is -5.05. The third-order valence-corrected chi connectivity index (χ3v) is 2.80. The van der Waals surface area contributed by atoms with Gasteiger partial charge in [0.15, 0.2) is 0 Å². The molecule has 1 unspecified atom stereocenters. The second kappa shape index (κ2) is 5.16.